The van der Waals surface area contributed by atoms with Gasteiger partial charge in [-0.25, -0.2) is 19.0 Å². The summed E-state index contributed by atoms with van der Waals surface area (Å²) in [6, 6.07) is 2.86. The number of carbonyl (C=O) groups is 1. The second-order valence-electron chi connectivity index (χ2n) is 14.1. The highest BCUT2D eigenvalue weighted by atomic mass is 19.1. The number of piperazine rings is 1. The van der Waals surface area contributed by atoms with E-state index in [4.69, 9.17) is 24.0 Å². The van der Waals surface area contributed by atoms with E-state index < -0.39 is 34.9 Å². The molecule has 5 saturated heterocycles. The summed E-state index contributed by atoms with van der Waals surface area (Å²) < 4.78 is 36.4. The topological polar surface area (TPSA) is 112 Å². The number of nitrogens with zero attached hydrogens (tertiary/aromatic N) is 3. The summed E-state index contributed by atoms with van der Waals surface area (Å²) in [5, 5.41) is 9.51. The van der Waals surface area contributed by atoms with Crippen molar-refractivity contribution in [1.82, 2.24) is 9.47 Å². The first kappa shape index (κ1) is 32.0. The molecule has 1 aliphatic carbocycles. The molecule has 1 spiro atoms. The van der Waals surface area contributed by atoms with Crippen molar-refractivity contribution in [3.63, 3.8) is 0 Å². The molecule has 6 fully saturated rings. The van der Waals surface area contributed by atoms with Crippen molar-refractivity contribution in [1.29, 1.82) is 0 Å². The third-order valence-corrected chi connectivity index (χ3v) is 11.4. The van der Waals surface area contributed by atoms with Crippen LogP contribution in [0.4, 0.5) is 10.1 Å². The van der Waals surface area contributed by atoms with Gasteiger partial charge in [-0.1, -0.05) is 13.8 Å². The van der Waals surface area contributed by atoms with Crippen LogP contribution in [0.15, 0.2) is 23.1 Å². The molecular formula is C34H46FN3O8. The van der Waals surface area contributed by atoms with Crippen LogP contribution in [0.3, 0.4) is 0 Å². The highest BCUT2D eigenvalue weighted by Gasteiger charge is 2.69. The van der Waals surface area contributed by atoms with E-state index in [1.165, 1.54) is 12.3 Å². The molecule has 1 aromatic heterocycles. The average molecular weight is 644 g/mol. The molecule has 5 aliphatic heterocycles. The summed E-state index contributed by atoms with van der Waals surface area (Å²) >= 11 is 0. The second-order valence-corrected chi connectivity index (χ2v) is 14.1. The van der Waals surface area contributed by atoms with Crippen molar-refractivity contribution in [2.45, 2.75) is 90.3 Å². The van der Waals surface area contributed by atoms with Gasteiger partial charge >= 0.3 is 5.97 Å². The summed E-state index contributed by atoms with van der Waals surface area (Å²) in [5.41, 5.74) is -0.648. The Morgan fingerprint density at radius 2 is 1.89 bits per heavy atom. The maximum Gasteiger partial charge on any atom is 0.341 e. The third kappa shape index (κ3) is 5.25. The van der Waals surface area contributed by atoms with E-state index in [9.17, 15) is 14.7 Å². The molecule has 2 aromatic rings. The minimum atomic E-state index is -1.31. The lowest BCUT2D eigenvalue weighted by molar-refractivity contribution is -0.577. The van der Waals surface area contributed by atoms with Crippen LogP contribution >= 0.6 is 0 Å². The van der Waals surface area contributed by atoms with Crippen molar-refractivity contribution in [3.8, 4) is 0 Å². The van der Waals surface area contributed by atoms with Gasteiger partial charge in [0.05, 0.1) is 17.8 Å². The first-order valence-corrected chi connectivity index (χ1v) is 16.9. The van der Waals surface area contributed by atoms with Crippen LogP contribution in [0.25, 0.3) is 10.9 Å². The van der Waals surface area contributed by atoms with Crippen LogP contribution in [0, 0.1) is 29.5 Å². The number of aryl methyl sites for hydroxylation is 1. The smallest absolute Gasteiger partial charge is 0.341 e. The molecule has 252 valence electrons. The summed E-state index contributed by atoms with van der Waals surface area (Å²) in [5.74, 6) is -1.42. The molecule has 0 amide bonds. The number of benzene rings is 1. The Labute approximate surface area is 268 Å². The highest BCUT2D eigenvalue weighted by Crippen LogP contribution is 2.60. The van der Waals surface area contributed by atoms with Crippen LogP contribution < -0.4 is 10.3 Å². The van der Waals surface area contributed by atoms with Crippen LogP contribution in [0.1, 0.15) is 70.2 Å². The van der Waals surface area contributed by atoms with Gasteiger partial charge in [-0.2, -0.15) is 0 Å². The molecule has 1 saturated carbocycles. The Morgan fingerprint density at radius 1 is 1.11 bits per heavy atom. The SMILES string of the molecule is CCn1cc(C(=O)O)c(=O)c2cc(F)c(N3CCN(CCCO[C@H]4O[C@@H]5O[C@@]6(C)CC[C@H]7[C@H](C)CC[C@@H]([C@H]4C)[C@@]57OO6)CC3)cc21. The molecule has 8 rings (SSSR count). The fourth-order valence-corrected chi connectivity index (χ4v) is 8.82. The van der Waals surface area contributed by atoms with E-state index >= 15 is 4.39 Å². The number of ether oxygens (including phenoxy) is 3. The maximum atomic E-state index is 15.3. The predicted octanol–water partition coefficient (Wildman–Crippen LogP) is 4.60. The summed E-state index contributed by atoms with van der Waals surface area (Å²) in [6.45, 7) is 13.0. The van der Waals surface area contributed by atoms with Crippen molar-refractivity contribution >= 4 is 22.6 Å². The molecule has 1 N–H and O–H groups in total. The number of fused-ring (bicyclic) bond motifs is 3. The zero-order valence-electron chi connectivity index (χ0n) is 27.2. The van der Waals surface area contributed by atoms with Crippen molar-refractivity contribution < 1.29 is 38.3 Å². The first-order valence-electron chi connectivity index (χ1n) is 16.9. The predicted molar refractivity (Wildman–Crippen MR) is 167 cm³/mol. The number of aromatic carboxylic acids is 1. The zero-order chi connectivity index (χ0) is 32.4. The molecule has 11 nitrogen and oxygen atoms in total. The Balaban J connectivity index is 0.946. The number of hydrogen-bond acceptors (Lipinski definition) is 9. The molecular weight excluding hydrogens is 597 g/mol. The van der Waals surface area contributed by atoms with Gasteiger partial charge in [0, 0.05) is 69.1 Å². The maximum absolute atomic E-state index is 15.3. The highest BCUT2D eigenvalue weighted by molar-refractivity contribution is 5.93. The Kier molecular flexibility index (Phi) is 8.42. The lowest BCUT2D eigenvalue weighted by atomic mass is 9.58. The second kappa shape index (κ2) is 12.1. The largest absolute Gasteiger partial charge is 0.477 e. The molecule has 8 atom stereocenters. The van der Waals surface area contributed by atoms with E-state index in [1.54, 1.807) is 10.6 Å². The first-order chi connectivity index (χ1) is 22.0. The van der Waals surface area contributed by atoms with Gasteiger partial charge in [-0.15, -0.1) is 0 Å². The van der Waals surface area contributed by atoms with E-state index in [2.05, 4.69) is 18.7 Å². The molecule has 6 aliphatic rings. The zero-order valence-corrected chi connectivity index (χ0v) is 27.2. The number of aromatic nitrogens is 1. The number of anilines is 1. The molecule has 2 bridgehead atoms. The average Bonchev–Trinajstić information content (AvgIpc) is 3.27. The van der Waals surface area contributed by atoms with E-state index in [0.29, 0.717) is 49.3 Å². The van der Waals surface area contributed by atoms with Crippen molar-refractivity contribution in [2.75, 3.05) is 44.2 Å². The fraction of sp³-hybridized carbons (Fsp3) is 0.706. The van der Waals surface area contributed by atoms with Gasteiger partial charge < -0.3 is 28.8 Å². The van der Waals surface area contributed by atoms with Gasteiger partial charge in [-0.3, -0.25) is 9.69 Å². The lowest BCUT2D eigenvalue weighted by Gasteiger charge is -2.60. The minimum absolute atomic E-state index is 0.0825. The lowest BCUT2D eigenvalue weighted by Crippen LogP contribution is -2.70. The fourth-order valence-electron chi connectivity index (χ4n) is 8.82. The Hall–Kier alpha value is -2.61. The summed E-state index contributed by atoms with van der Waals surface area (Å²) in [6.07, 6.45) is 5.26. The third-order valence-electron chi connectivity index (χ3n) is 11.4. The van der Waals surface area contributed by atoms with Gasteiger partial charge in [0.1, 0.15) is 11.4 Å². The molecule has 0 unspecified atom stereocenters. The van der Waals surface area contributed by atoms with Crippen LogP contribution in [-0.4, -0.2) is 83.8 Å². The number of hydrogen-bond donors (Lipinski definition) is 1. The van der Waals surface area contributed by atoms with Gasteiger partial charge in [0.15, 0.2) is 18.2 Å². The summed E-state index contributed by atoms with van der Waals surface area (Å²) in [7, 11) is 0. The van der Waals surface area contributed by atoms with Gasteiger partial charge in [-0.05, 0) is 63.5 Å². The standard InChI is InChI=1S/C34H46FN3O8/c1-5-37-19-23(30(40)41)29(39)22-17-26(35)28(18-27(22)37)38-14-12-36(13-15-38)11-6-16-42-31-21(3)25-8-7-20(2)24-9-10-33(4)44-32(43-31)34(24,25)46-45-33/h17-21,24-25,31-32H,5-16H2,1-4H3,(H,40,41)/t20-,21-,24+,25+,31+,32-,33-,34-/m1/s1. The van der Waals surface area contributed by atoms with E-state index in [-0.39, 0.29) is 29.1 Å². The minimum Gasteiger partial charge on any atom is -0.477 e. The normalized spacial score (nSPS) is 36.1. The van der Waals surface area contributed by atoms with E-state index in [0.717, 1.165) is 51.7 Å². The molecule has 46 heavy (non-hydrogen) atoms. The Morgan fingerprint density at radius 3 is 2.63 bits per heavy atom. The van der Waals surface area contributed by atoms with Gasteiger partial charge in [0.2, 0.25) is 11.2 Å². The molecule has 12 heteroatoms. The van der Waals surface area contributed by atoms with Crippen molar-refractivity contribution in [2.24, 2.45) is 23.7 Å². The van der Waals surface area contributed by atoms with Gasteiger partial charge in [0.25, 0.3) is 0 Å². The molecule has 6 heterocycles. The monoisotopic (exact) mass is 643 g/mol. The van der Waals surface area contributed by atoms with E-state index in [1.807, 2.05) is 18.7 Å². The number of carboxylic acids is 1. The molecule has 0 radical (unpaired) electrons. The van der Waals surface area contributed by atoms with Crippen molar-refractivity contribution in [3.05, 3.63) is 39.9 Å². The number of carboxylic acid groups (broad SMARTS) is 1. The van der Waals surface area contributed by atoms with Crippen LogP contribution in [0.2, 0.25) is 0 Å². The quantitative estimate of drug-likeness (QED) is 0.324. The van der Waals surface area contributed by atoms with Crippen LogP contribution in [0.5, 0.6) is 0 Å². The number of halogens is 1. The Bertz CT molecular complexity index is 1540. The molecule has 1 aromatic carbocycles. The van der Waals surface area contributed by atoms with Crippen LogP contribution in [-0.2, 0) is 30.5 Å². The number of rotatable bonds is 8. The summed E-state index contributed by atoms with van der Waals surface area (Å²) in [4.78, 5) is 40.8. The number of pyridine rings is 1.